The molecule has 194 valence electrons. The summed E-state index contributed by atoms with van der Waals surface area (Å²) in [6, 6.07) is 25.0. The van der Waals surface area contributed by atoms with Crippen LogP contribution in [0.5, 0.6) is 11.5 Å². The third kappa shape index (κ3) is 5.99. The fourth-order valence-electron chi connectivity index (χ4n) is 3.78. The van der Waals surface area contributed by atoms with E-state index in [1.165, 1.54) is 12.1 Å². The molecule has 11 heteroatoms. The average molecular weight is 613 g/mol. The Labute approximate surface area is 233 Å². The smallest absolute Gasteiger partial charge is 0.240 e. The molecule has 0 amide bonds. The molecule has 5 rings (SSSR count). The summed E-state index contributed by atoms with van der Waals surface area (Å²) in [5.74, 6) is 1.96. The molecule has 0 saturated carbocycles. The van der Waals surface area contributed by atoms with Gasteiger partial charge in [0.05, 0.1) is 21.3 Å². The van der Waals surface area contributed by atoms with Crippen LogP contribution in [0.15, 0.2) is 100 Å². The predicted molar refractivity (Wildman–Crippen MR) is 152 cm³/mol. The molecular formula is C27H23BrClN5O3S. The quantitative estimate of drug-likeness (QED) is 0.178. The largest absolute Gasteiger partial charge is 0.457 e. The molecule has 0 saturated heterocycles. The van der Waals surface area contributed by atoms with E-state index in [9.17, 15) is 8.42 Å². The number of nitrogens with one attached hydrogen (secondary N) is 2. The molecule has 0 atom stereocenters. The standard InChI is InChI=1S/C27H23BrClN5O3S/c28-23-18-31-34-26(17-25(33-27(23)34)22-9-4-5-10-24(22)29)30-15-6-16-32-38(35,36)21-13-11-20(12-14-21)37-19-7-2-1-3-8-19/h1-5,7-14,17-18,30,32H,6,15-16H2. The van der Waals surface area contributed by atoms with Gasteiger partial charge in [-0.15, -0.1) is 0 Å². The zero-order valence-corrected chi connectivity index (χ0v) is 23.2. The molecule has 0 radical (unpaired) electrons. The van der Waals surface area contributed by atoms with E-state index in [1.54, 1.807) is 22.8 Å². The van der Waals surface area contributed by atoms with Gasteiger partial charge < -0.3 is 10.1 Å². The number of rotatable bonds is 10. The van der Waals surface area contributed by atoms with Gasteiger partial charge in [0, 0.05) is 29.7 Å². The Morgan fingerprint density at radius 2 is 1.63 bits per heavy atom. The molecule has 0 aliphatic heterocycles. The van der Waals surface area contributed by atoms with Crippen molar-refractivity contribution in [3.05, 3.63) is 101 Å². The van der Waals surface area contributed by atoms with Gasteiger partial charge in [-0.1, -0.05) is 48.0 Å². The molecule has 38 heavy (non-hydrogen) atoms. The van der Waals surface area contributed by atoms with Crippen LogP contribution in [-0.4, -0.2) is 36.1 Å². The number of halogens is 2. The molecule has 2 aromatic heterocycles. The van der Waals surface area contributed by atoms with Gasteiger partial charge >= 0.3 is 0 Å². The molecule has 2 heterocycles. The highest BCUT2D eigenvalue weighted by molar-refractivity contribution is 9.10. The molecule has 0 fully saturated rings. The lowest BCUT2D eigenvalue weighted by Gasteiger charge is -2.12. The van der Waals surface area contributed by atoms with Gasteiger partial charge in [0.1, 0.15) is 17.3 Å². The molecule has 0 bridgehead atoms. The van der Waals surface area contributed by atoms with Crippen molar-refractivity contribution in [3.8, 4) is 22.8 Å². The van der Waals surface area contributed by atoms with Crippen molar-refractivity contribution in [1.82, 2.24) is 19.3 Å². The Kier molecular flexibility index (Phi) is 7.94. The molecule has 0 spiro atoms. The van der Waals surface area contributed by atoms with E-state index in [4.69, 9.17) is 21.3 Å². The van der Waals surface area contributed by atoms with Crippen molar-refractivity contribution in [2.45, 2.75) is 11.3 Å². The fraction of sp³-hybridized carbons (Fsp3) is 0.111. The second-order valence-corrected chi connectivity index (χ2v) is 11.3. The lowest BCUT2D eigenvalue weighted by molar-refractivity contribution is 0.482. The first-order valence-electron chi connectivity index (χ1n) is 11.8. The lowest BCUT2D eigenvalue weighted by Crippen LogP contribution is -2.26. The normalized spacial score (nSPS) is 11.5. The topological polar surface area (TPSA) is 97.6 Å². The zero-order valence-electron chi connectivity index (χ0n) is 20.0. The van der Waals surface area contributed by atoms with Crippen LogP contribution in [0.2, 0.25) is 5.02 Å². The summed E-state index contributed by atoms with van der Waals surface area (Å²) in [6.45, 7) is 0.761. The highest BCUT2D eigenvalue weighted by Crippen LogP contribution is 2.30. The first kappa shape index (κ1) is 26.2. The van der Waals surface area contributed by atoms with Crippen LogP contribution in [0.1, 0.15) is 6.42 Å². The number of para-hydroxylation sites is 1. The molecule has 0 aliphatic rings. The van der Waals surface area contributed by atoms with Crippen LogP contribution in [0.25, 0.3) is 16.9 Å². The molecule has 0 unspecified atom stereocenters. The summed E-state index contributed by atoms with van der Waals surface area (Å²) in [5.41, 5.74) is 2.15. The third-order valence-electron chi connectivity index (χ3n) is 5.64. The number of hydrogen-bond acceptors (Lipinski definition) is 6. The minimum Gasteiger partial charge on any atom is -0.457 e. The second-order valence-electron chi connectivity index (χ2n) is 8.30. The highest BCUT2D eigenvalue weighted by Gasteiger charge is 2.15. The van der Waals surface area contributed by atoms with Gasteiger partial charge in [0.25, 0.3) is 0 Å². The Morgan fingerprint density at radius 1 is 0.921 bits per heavy atom. The van der Waals surface area contributed by atoms with Gasteiger partial charge in [-0.25, -0.2) is 18.1 Å². The van der Waals surface area contributed by atoms with Crippen LogP contribution in [0.4, 0.5) is 5.82 Å². The molecule has 2 N–H and O–H groups in total. The number of hydrogen-bond donors (Lipinski definition) is 2. The maximum atomic E-state index is 12.7. The molecule has 5 aromatic rings. The van der Waals surface area contributed by atoms with E-state index in [-0.39, 0.29) is 11.4 Å². The minimum atomic E-state index is -3.66. The SMILES string of the molecule is O=S(=O)(NCCCNc1cc(-c2ccccc2Cl)nc2c(Br)cnn12)c1ccc(Oc2ccccc2)cc1. The number of nitrogens with zero attached hydrogens (tertiary/aromatic N) is 3. The van der Waals surface area contributed by atoms with Crippen molar-refractivity contribution in [3.63, 3.8) is 0 Å². The van der Waals surface area contributed by atoms with Crippen molar-refractivity contribution in [2.75, 3.05) is 18.4 Å². The number of anilines is 1. The maximum Gasteiger partial charge on any atom is 0.240 e. The first-order valence-corrected chi connectivity index (χ1v) is 14.4. The van der Waals surface area contributed by atoms with Crippen LogP contribution < -0.4 is 14.8 Å². The van der Waals surface area contributed by atoms with Gasteiger partial charge in [0.15, 0.2) is 5.65 Å². The summed E-state index contributed by atoms with van der Waals surface area (Å²) in [7, 11) is -3.66. The highest BCUT2D eigenvalue weighted by atomic mass is 79.9. The third-order valence-corrected chi connectivity index (χ3v) is 8.01. The van der Waals surface area contributed by atoms with Crippen LogP contribution >= 0.6 is 27.5 Å². The van der Waals surface area contributed by atoms with E-state index in [1.807, 2.05) is 60.7 Å². The monoisotopic (exact) mass is 611 g/mol. The first-order chi connectivity index (χ1) is 18.4. The summed E-state index contributed by atoms with van der Waals surface area (Å²) in [5, 5.41) is 8.31. The van der Waals surface area contributed by atoms with Gasteiger partial charge in [-0.3, -0.25) is 0 Å². The number of fused-ring (bicyclic) bond motifs is 1. The van der Waals surface area contributed by atoms with E-state index in [0.717, 1.165) is 10.0 Å². The Bertz CT molecular complexity index is 1660. The number of benzene rings is 3. The fourth-order valence-corrected chi connectivity index (χ4v) is 5.43. The number of ether oxygens (including phenoxy) is 1. The molecular weight excluding hydrogens is 590 g/mol. The second kappa shape index (κ2) is 11.5. The summed E-state index contributed by atoms with van der Waals surface area (Å²) < 4.78 is 36.3. The number of sulfonamides is 1. The van der Waals surface area contributed by atoms with Crippen LogP contribution in [0, 0.1) is 0 Å². The Balaban J connectivity index is 1.20. The average Bonchev–Trinajstić information content (AvgIpc) is 3.30. The van der Waals surface area contributed by atoms with E-state index >= 15 is 0 Å². The van der Waals surface area contributed by atoms with Crippen molar-refractivity contribution >= 4 is 49.0 Å². The predicted octanol–water partition coefficient (Wildman–Crippen LogP) is 6.39. The summed E-state index contributed by atoms with van der Waals surface area (Å²) >= 11 is 9.89. The maximum absolute atomic E-state index is 12.7. The summed E-state index contributed by atoms with van der Waals surface area (Å²) in [6.07, 6.45) is 2.22. The van der Waals surface area contributed by atoms with Crippen molar-refractivity contribution < 1.29 is 13.2 Å². The van der Waals surface area contributed by atoms with Crippen molar-refractivity contribution in [1.29, 1.82) is 0 Å². The Morgan fingerprint density at radius 3 is 2.39 bits per heavy atom. The van der Waals surface area contributed by atoms with Gasteiger partial charge in [0.2, 0.25) is 10.0 Å². The van der Waals surface area contributed by atoms with Gasteiger partial charge in [-0.05, 0) is 64.8 Å². The van der Waals surface area contributed by atoms with Crippen LogP contribution in [0.3, 0.4) is 0 Å². The number of aromatic nitrogens is 3. The molecule has 0 aliphatic carbocycles. The van der Waals surface area contributed by atoms with E-state index in [2.05, 4.69) is 31.1 Å². The van der Waals surface area contributed by atoms with Crippen molar-refractivity contribution in [2.24, 2.45) is 0 Å². The molecule has 3 aromatic carbocycles. The summed E-state index contributed by atoms with van der Waals surface area (Å²) in [4.78, 5) is 4.87. The van der Waals surface area contributed by atoms with Crippen LogP contribution in [-0.2, 0) is 10.0 Å². The molecule has 8 nitrogen and oxygen atoms in total. The van der Waals surface area contributed by atoms with E-state index < -0.39 is 10.0 Å². The minimum absolute atomic E-state index is 0.174. The van der Waals surface area contributed by atoms with Gasteiger partial charge in [-0.2, -0.15) is 9.61 Å². The zero-order chi connectivity index (χ0) is 26.5. The lowest BCUT2D eigenvalue weighted by atomic mass is 10.1. The van der Waals surface area contributed by atoms with E-state index in [0.29, 0.717) is 46.6 Å². The Hall–Kier alpha value is -3.44.